The lowest BCUT2D eigenvalue weighted by atomic mass is 10.1. The number of nitrogens with zero attached hydrogens (tertiary/aromatic N) is 2. The number of methoxy groups -OCH3 is 1. The number of hydrogen-bond donors (Lipinski definition) is 1. The summed E-state index contributed by atoms with van der Waals surface area (Å²) in [5.41, 5.74) is 6.55. The number of aryl methyl sites for hydroxylation is 1. The summed E-state index contributed by atoms with van der Waals surface area (Å²) in [4.78, 5) is 15.6. The number of hydrogen-bond acceptors (Lipinski definition) is 4. The molecular weight excluding hydrogens is 218 g/mol. The summed E-state index contributed by atoms with van der Waals surface area (Å²) in [7, 11) is 1.33. The molecule has 17 heavy (non-hydrogen) atoms. The molecule has 0 bridgehead atoms. The minimum Gasteiger partial charge on any atom is -0.464 e. The summed E-state index contributed by atoms with van der Waals surface area (Å²) in [6, 6.07) is 0. The van der Waals surface area contributed by atoms with Crippen LogP contribution in [0, 0.1) is 18.3 Å². The van der Waals surface area contributed by atoms with Crippen LogP contribution in [0.5, 0.6) is 0 Å². The molecular formula is C12H19N3O2. The lowest BCUT2D eigenvalue weighted by molar-refractivity contribution is 0.0595. The minimum atomic E-state index is -0.473. The molecule has 0 aliphatic heterocycles. The fourth-order valence-electron chi connectivity index (χ4n) is 2.17. The van der Waals surface area contributed by atoms with Crippen LogP contribution in [0.1, 0.15) is 36.6 Å². The molecule has 0 radical (unpaired) electrons. The molecule has 1 heterocycles. The van der Waals surface area contributed by atoms with Crippen molar-refractivity contribution in [3.63, 3.8) is 0 Å². The third kappa shape index (κ3) is 2.01. The molecule has 0 spiro atoms. The lowest BCUT2D eigenvalue weighted by Gasteiger charge is -2.08. The summed E-state index contributed by atoms with van der Waals surface area (Å²) in [6.07, 6.45) is 1.19. The third-order valence-electron chi connectivity index (χ3n) is 3.70. The molecule has 1 aliphatic carbocycles. The van der Waals surface area contributed by atoms with E-state index in [0.29, 0.717) is 17.2 Å². The van der Waals surface area contributed by atoms with E-state index in [1.807, 2.05) is 11.5 Å². The monoisotopic (exact) mass is 237 g/mol. The Hall–Kier alpha value is -1.52. The highest BCUT2D eigenvalue weighted by atomic mass is 16.5. The molecule has 1 aliphatic rings. The summed E-state index contributed by atoms with van der Waals surface area (Å²) in [6.45, 7) is 7.16. The van der Waals surface area contributed by atoms with E-state index in [4.69, 9.17) is 5.73 Å². The Morgan fingerprint density at radius 3 is 2.71 bits per heavy atom. The van der Waals surface area contributed by atoms with Gasteiger partial charge in [0.2, 0.25) is 0 Å². The first-order valence-corrected chi connectivity index (χ1v) is 5.77. The molecule has 0 saturated heterocycles. The number of esters is 1. The van der Waals surface area contributed by atoms with E-state index in [0.717, 1.165) is 12.4 Å². The number of aromatic nitrogens is 2. The lowest BCUT2D eigenvalue weighted by Crippen LogP contribution is -2.11. The highest BCUT2D eigenvalue weighted by Gasteiger charge is 2.45. The van der Waals surface area contributed by atoms with Crippen LogP contribution in [0.4, 0.5) is 5.82 Å². The van der Waals surface area contributed by atoms with E-state index >= 15 is 0 Å². The molecule has 1 aromatic heterocycles. The second-order valence-electron chi connectivity index (χ2n) is 5.38. The van der Waals surface area contributed by atoms with E-state index in [-0.39, 0.29) is 5.69 Å². The molecule has 1 fully saturated rings. The van der Waals surface area contributed by atoms with Crippen molar-refractivity contribution in [1.82, 2.24) is 9.55 Å². The van der Waals surface area contributed by atoms with Crippen molar-refractivity contribution >= 4 is 11.8 Å². The topological polar surface area (TPSA) is 70.1 Å². The van der Waals surface area contributed by atoms with Gasteiger partial charge < -0.3 is 15.0 Å². The Bertz CT molecular complexity index is 463. The van der Waals surface area contributed by atoms with Crippen molar-refractivity contribution in [2.75, 3.05) is 12.8 Å². The fourth-order valence-corrected chi connectivity index (χ4v) is 2.17. The predicted octanol–water partition coefficient (Wildman–Crippen LogP) is 1.61. The number of ether oxygens (including phenoxy) is 1. The standard InChI is InChI=1S/C12H19N3O2/c1-7-14-9(11(16)17-4)10(13)15(7)6-8-5-12(8,2)3/h8H,5-6,13H2,1-4H3. The molecule has 1 aromatic rings. The minimum absolute atomic E-state index is 0.225. The van der Waals surface area contributed by atoms with Gasteiger partial charge in [0.25, 0.3) is 0 Å². The van der Waals surface area contributed by atoms with Crippen molar-refractivity contribution in [2.45, 2.75) is 33.7 Å². The van der Waals surface area contributed by atoms with Crippen LogP contribution in [-0.2, 0) is 11.3 Å². The van der Waals surface area contributed by atoms with Gasteiger partial charge in [0, 0.05) is 6.54 Å². The van der Waals surface area contributed by atoms with Gasteiger partial charge in [-0.3, -0.25) is 0 Å². The van der Waals surface area contributed by atoms with Gasteiger partial charge >= 0.3 is 5.97 Å². The summed E-state index contributed by atoms with van der Waals surface area (Å²) in [5.74, 6) is 1.32. The van der Waals surface area contributed by atoms with Crippen LogP contribution >= 0.6 is 0 Å². The van der Waals surface area contributed by atoms with E-state index in [1.165, 1.54) is 13.5 Å². The van der Waals surface area contributed by atoms with Crippen molar-refractivity contribution in [3.8, 4) is 0 Å². The highest BCUT2D eigenvalue weighted by Crippen LogP contribution is 2.52. The maximum Gasteiger partial charge on any atom is 0.360 e. The van der Waals surface area contributed by atoms with E-state index < -0.39 is 5.97 Å². The first-order valence-electron chi connectivity index (χ1n) is 5.77. The van der Waals surface area contributed by atoms with Gasteiger partial charge in [-0.25, -0.2) is 9.78 Å². The molecule has 5 heteroatoms. The number of rotatable bonds is 3. The zero-order chi connectivity index (χ0) is 12.8. The smallest absolute Gasteiger partial charge is 0.360 e. The number of anilines is 1. The fraction of sp³-hybridized carbons (Fsp3) is 0.667. The molecule has 5 nitrogen and oxygen atoms in total. The number of carbonyl (C=O) groups is 1. The normalized spacial score (nSPS) is 21.3. The van der Waals surface area contributed by atoms with Gasteiger partial charge in [-0.05, 0) is 24.7 Å². The van der Waals surface area contributed by atoms with E-state index in [1.54, 1.807) is 0 Å². The van der Waals surface area contributed by atoms with E-state index in [9.17, 15) is 4.79 Å². The van der Waals surface area contributed by atoms with Gasteiger partial charge in [0.15, 0.2) is 5.69 Å². The molecule has 1 atom stereocenters. The Kier molecular flexibility index (Phi) is 2.64. The molecule has 94 valence electrons. The average Bonchev–Trinajstić information content (AvgIpc) is 2.77. The van der Waals surface area contributed by atoms with Gasteiger partial charge in [-0.15, -0.1) is 0 Å². The average molecular weight is 237 g/mol. The van der Waals surface area contributed by atoms with Crippen molar-refractivity contribution in [1.29, 1.82) is 0 Å². The summed E-state index contributed by atoms with van der Waals surface area (Å²) < 4.78 is 6.56. The zero-order valence-corrected chi connectivity index (χ0v) is 10.8. The van der Waals surface area contributed by atoms with Crippen molar-refractivity contribution in [2.24, 2.45) is 11.3 Å². The van der Waals surface area contributed by atoms with Crippen LogP contribution in [0.25, 0.3) is 0 Å². The molecule has 0 amide bonds. The highest BCUT2D eigenvalue weighted by molar-refractivity contribution is 5.92. The second kappa shape index (κ2) is 3.75. The van der Waals surface area contributed by atoms with Gasteiger partial charge in [-0.1, -0.05) is 13.8 Å². The first-order chi connectivity index (χ1) is 7.86. The van der Waals surface area contributed by atoms with Gasteiger partial charge in [0.1, 0.15) is 11.6 Å². The molecule has 2 rings (SSSR count). The van der Waals surface area contributed by atoms with Gasteiger partial charge in [-0.2, -0.15) is 0 Å². The predicted molar refractivity (Wildman–Crippen MR) is 64.6 cm³/mol. The number of carbonyl (C=O) groups excluding carboxylic acids is 1. The number of imidazole rings is 1. The van der Waals surface area contributed by atoms with Crippen molar-refractivity contribution in [3.05, 3.63) is 11.5 Å². The van der Waals surface area contributed by atoms with Crippen LogP contribution in [-0.4, -0.2) is 22.6 Å². The Morgan fingerprint density at radius 2 is 2.24 bits per heavy atom. The Balaban J connectivity index is 2.23. The quantitative estimate of drug-likeness (QED) is 0.811. The SMILES string of the molecule is COC(=O)c1nc(C)n(CC2CC2(C)C)c1N. The van der Waals surface area contributed by atoms with Crippen LogP contribution in [0.15, 0.2) is 0 Å². The first kappa shape index (κ1) is 12.0. The second-order valence-corrected chi connectivity index (χ2v) is 5.38. The molecule has 2 N–H and O–H groups in total. The van der Waals surface area contributed by atoms with Crippen LogP contribution < -0.4 is 5.73 Å². The Morgan fingerprint density at radius 1 is 1.65 bits per heavy atom. The summed E-state index contributed by atoms with van der Waals surface area (Å²) >= 11 is 0. The van der Waals surface area contributed by atoms with E-state index in [2.05, 4.69) is 23.6 Å². The maximum absolute atomic E-state index is 11.5. The molecule has 1 saturated carbocycles. The number of nitrogens with two attached hydrogens (primary N) is 1. The maximum atomic E-state index is 11.5. The summed E-state index contributed by atoms with van der Waals surface area (Å²) in [5, 5.41) is 0. The van der Waals surface area contributed by atoms with Crippen molar-refractivity contribution < 1.29 is 9.53 Å². The Labute approximate surface area is 101 Å². The largest absolute Gasteiger partial charge is 0.464 e. The number of nitrogen functional groups attached to an aromatic ring is 1. The van der Waals surface area contributed by atoms with Crippen LogP contribution in [0.3, 0.4) is 0 Å². The van der Waals surface area contributed by atoms with Crippen LogP contribution in [0.2, 0.25) is 0 Å². The van der Waals surface area contributed by atoms with Gasteiger partial charge in [0.05, 0.1) is 7.11 Å². The molecule has 0 aromatic carbocycles. The third-order valence-corrected chi connectivity index (χ3v) is 3.70. The zero-order valence-electron chi connectivity index (χ0n) is 10.8. The molecule has 1 unspecified atom stereocenters.